The first kappa shape index (κ1) is 20.6. The van der Waals surface area contributed by atoms with Gasteiger partial charge in [0.15, 0.2) is 9.84 Å². The molecule has 0 saturated heterocycles. The molecule has 0 aliphatic carbocycles. The van der Waals surface area contributed by atoms with Crippen molar-refractivity contribution in [1.29, 1.82) is 0 Å². The zero-order valence-electron chi connectivity index (χ0n) is 14.3. The van der Waals surface area contributed by atoms with Gasteiger partial charge in [0.05, 0.1) is 10.6 Å². The number of hydrogen-bond donors (Lipinski definition) is 1. The first-order valence-electron chi connectivity index (χ1n) is 7.49. The molecule has 1 atom stereocenters. The molecule has 0 radical (unpaired) electrons. The normalized spacial score (nSPS) is 13.7. The van der Waals surface area contributed by atoms with Crippen molar-refractivity contribution in [3.05, 3.63) is 29.8 Å². The van der Waals surface area contributed by atoms with Crippen molar-refractivity contribution in [1.82, 2.24) is 9.62 Å². The van der Waals surface area contributed by atoms with Crippen LogP contribution in [0.5, 0.6) is 0 Å². The predicted octanol–water partition coefficient (Wildman–Crippen LogP) is 0.766. The zero-order chi connectivity index (χ0) is 18.5. The van der Waals surface area contributed by atoms with Crippen LogP contribution in [0.1, 0.15) is 25.8 Å². The average Bonchev–Trinajstić information content (AvgIpc) is 2.45. The second-order valence-corrected chi connectivity index (χ2v) is 10.1. The number of sulfonamides is 1. The van der Waals surface area contributed by atoms with Crippen LogP contribution in [-0.2, 0) is 30.4 Å². The van der Waals surface area contributed by atoms with Gasteiger partial charge in [-0.05, 0) is 31.0 Å². The highest BCUT2D eigenvalue weighted by Crippen LogP contribution is 2.16. The number of benzene rings is 1. The molecule has 0 aliphatic heterocycles. The summed E-state index contributed by atoms with van der Waals surface area (Å²) in [6, 6.07) is 5.64. The van der Waals surface area contributed by atoms with Gasteiger partial charge in [-0.15, -0.1) is 0 Å². The number of carbonyl (C=O) groups excluding carboxylic acids is 1. The first-order chi connectivity index (χ1) is 11.0. The van der Waals surface area contributed by atoms with Crippen LogP contribution >= 0.6 is 0 Å². The summed E-state index contributed by atoms with van der Waals surface area (Å²) >= 11 is 0. The molecular weight excluding hydrogens is 352 g/mol. The zero-order valence-corrected chi connectivity index (χ0v) is 15.9. The lowest BCUT2D eigenvalue weighted by molar-refractivity contribution is -0.119. The third-order valence-electron chi connectivity index (χ3n) is 3.43. The second kappa shape index (κ2) is 8.09. The van der Waals surface area contributed by atoms with Crippen molar-refractivity contribution in [2.24, 2.45) is 0 Å². The van der Waals surface area contributed by atoms with Crippen molar-refractivity contribution in [2.45, 2.75) is 37.0 Å². The lowest BCUT2D eigenvalue weighted by Gasteiger charge is -2.13. The van der Waals surface area contributed by atoms with Crippen LogP contribution < -0.4 is 5.32 Å². The van der Waals surface area contributed by atoms with E-state index in [1.165, 1.54) is 38.4 Å². The van der Waals surface area contributed by atoms with Crippen molar-refractivity contribution in [2.75, 3.05) is 19.8 Å². The van der Waals surface area contributed by atoms with Crippen molar-refractivity contribution < 1.29 is 21.6 Å². The summed E-state index contributed by atoms with van der Waals surface area (Å²) in [7, 11) is -4.53. The van der Waals surface area contributed by atoms with Gasteiger partial charge < -0.3 is 5.32 Å². The minimum absolute atomic E-state index is 0.0178. The molecule has 0 spiro atoms. The van der Waals surface area contributed by atoms with Gasteiger partial charge in [-0.1, -0.05) is 19.1 Å². The number of nitrogens with zero attached hydrogens (tertiary/aromatic N) is 1. The van der Waals surface area contributed by atoms with Crippen molar-refractivity contribution in [3.8, 4) is 0 Å². The largest absolute Gasteiger partial charge is 0.353 e. The minimum atomic E-state index is -3.69. The van der Waals surface area contributed by atoms with Gasteiger partial charge in [0.1, 0.15) is 5.75 Å². The average molecular weight is 377 g/mol. The SMILES string of the molecule is CC[C@H](C)NC(=O)CS(=O)(=O)Cc1cccc(S(=O)(=O)N(C)C)c1. The molecular formula is C15H24N2O5S2. The predicted molar refractivity (Wildman–Crippen MR) is 92.7 cm³/mol. The molecule has 7 nitrogen and oxygen atoms in total. The fourth-order valence-electron chi connectivity index (χ4n) is 1.93. The van der Waals surface area contributed by atoms with E-state index in [9.17, 15) is 21.6 Å². The van der Waals surface area contributed by atoms with Crippen LogP contribution in [0.3, 0.4) is 0 Å². The van der Waals surface area contributed by atoms with E-state index in [1.807, 2.05) is 6.92 Å². The van der Waals surface area contributed by atoms with Gasteiger partial charge in [-0.25, -0.2) is 21.1 Å². The minimum Gasteiger partial charge on any atom is -0.353 e. The van der Waals surface area contributed by atoms with E-state index in [0.717, 1.165) is 4.31 Å². The molecule has 1 rings (SSSR count). The van der Waals surface area contributed by atoms with E-state index in [2.05, 4.69) is 5.32 Å². The summed E-state index contributed by atoms with van der Waals surface area (Å²) in [6.07, 6.45) is 0.705. The Bertz CT molecular complexity index is 786. The number of amides is 1. The molecule has 24 heavy (non-hydrogen) atoms. The Morgan fingerprint density at radius 3 is 2.38 bits per heavy atom. The number of hydrogen-bond acceptors (Lipinski definition) is 5. The summed E-state index contributed by atoms with van der Waals surface area (Å²) in [5.74, 6) is -1.57. The van der Waals surface area contributed by atoms with Gasteiger partial charge in [-0.2, -0.15) is 0 Å². The van der Waals surface area contributed by atoms with E-state index >= 15 is 0 Å². The van der Waals surface area contributed by atoms with E-state index in [4.69, 9.17) is 0 Å². The fraction of sp³-hybridized carbons (Fsp3) is 0.533. The number of nitrogens with one attached hydrogen (secondary N) is 1. The molecule has 1 N–H and O–H groups in total. The second-order valence-electron chi connectivity index (χ2n) is 5.84. The number of carbonyl (C=O) groups is 1. The molecule has 0 unspecified atom stereocenters. The van der Waals surface area contributed by atoms with E-state index < -0.39 is 37.3 Å². The summed E-state index contributed by atoms with van der Waals surface area (Å²) in [4.78, 5) is 11.8. The Kier molecular flexibility index (Phi) is 6.94. The van der Waals surface area contributed by atoms with Crippen LogP contribution in [0.15, 0.2) is 29.2 Å². The summed E-state index contributed by atoms with van der Waals surface area (Å²) in [5.41, 5.74) is 0.328. The van der Waals surface area contributed by atoms with Gasteiger partial charge in [0.25, 0.3) is 0 Å². The third-order valence-corrected chi connectivity index (χ3v) is 6.72. The lowest BCUT2D eigenvalue weighted by Crippen LogP contribution is -2.36. The smallest absolute Gasteiger partial charge is 0.242 e. The topological polar surface area (TPSA) is 101 Å². The van der Waals surface area contributed by atoms with E-state index in [1.54, 1.807) is 6.92 Å². The number of rotatable bonds is 8. The molecule has 0 bridgehead atoms. The first-order valence-corrected chi connectivity index (χ1v) is 10.8. The highest BCUT2D eigenvalue weighted by molar-refractivity contribution is 7.91. The Hall–Kier alpha value is -1.45. The van der Waals surface area contributed by atoms with E-state index in [0.29, 0.717) is 12.0 Å². The summed E-state index contributed by atoms with van der Waals surface area (Å²) in [5, 5.41) is 2.60. The molecule has 0 saturated carbocycles. The Morgan fingerprint density at radius 2 is 1.83 bits per heavy atom. The fourth-order valence-corrected chi connectivity index (χ4v) is 4.17. The van der Waals surface area contributed by atoms with E-state index in [-0.39, 0.29) is 10.9 Å². The molecule has 0 fully saturated rings. The maximum absolute atomic E-state index is 12.2. The number of sulfone groups is 1. The molecule has 136 valence electrons. The van der Waals surface area contributed by atoms with Crippen LogP contribution in [0.2, 0.25) is 0 Å². The van der Waals surface area contributed by atoms with Gasteiger partial charge in [-0.3, -0.25) is 4.79 Å². The summed E-state index contributed by atoms with van der Waals surface area (Å²) < 4.78 is 49.6. The van der Waals surface area contributed by atoms with Gasteiger partial charge in [0, 0.05) is 20.1 Å². The van der Waals surface area contributed by atoms with Crippen LogP contribution in [0, 0.1) is 0 Å². The Balaban J connectivity index is 2.91. The maximum atomic E-state index is 12.2. The maximum Gasteiger partial charge on any atom is 0.242 e. The molecule has 0 aromatic heterocycles. The molecule has 1 aromatic carbocycles. The Morgan fingerprint density at radius 1 is 1.21 bits per heavy atom. The summed E-state index contributed by atoms with van der Waals surface area (Å²) in [6.45, 7) is 3.68. The molecule has 0 aliphatic rings. The molecule has 0 heterocycles. The standard InChI is InChI=1S/C15H24N2O5S2/c1-5-12(2)16-15(18)11-23(19,20)10-13-7-6-8-14(9-13)24(21,22)17(3)4/h6-9,12H,5,10-11H2,1-4H3,(H,16,18)/t12-/m0/s1. The van der Waals surface area contributed by atoms with Crippen molar-refractivity contribution in [3.63, 3.8) is 0 Å². The Labute approximate surface area is 144 Å². The van der Waals surface area contributed by atoms with Crippen molar-refractivity contribution >= 4 is 25.8 Å². The highest BCUT2D eigenvalue weighted by atomic mass is 32.2. The van der Waals surface area contributed by atoms with Crippen LogP contribution in [-0.4, -0.2) is 52.9 Å². The third kappa shape index (κ3) is 5.88. The molecule has 9 heteroatoms. The van der Waals surface area contributed by atoms with Gasteiger partial charge in [0.2, 0.25) is 15.9 Å². The molecule has 1 aromatic rings. The van der Waals surface area contributed by atoms with Crippen LogP contribution in [0.25, 0.3) is 0 Å². The highest BCUT2D eigenvalue weighted by Gasteiger charge is 2.21. The lowest BCUT2D eigenvalue weighted by atomic mass is 10.2. The quantitative estimate of drug-likeness (QED) is 0.722. The monoisotopic (exact) mass is 376 g/mol. The van der Waals surface area contributed by atoms with Crippen LogP contribution in [0.4, 0.5) is 0 Å². The van der Waals surface area contributed by atoms with Gasteiger partial charge >= 0.3 is 0 Å². The molecule has 1 amide bonds.